The Bertz CT molecular complexity index is 553. The monoisotopic (exact) mass is 283 g/mol. The van der Waals surface area contributed by atoms with Gasteiger partial charge in [-0.15, -0.1) is 6.58 Å². The average Bonchev–Trinajstić information content (AvgIpc) is 2.31. The maximum absolute atomic E-state index is 12.1. The highest BCUT2D eigenvalue weighted by Gasteiger charge is 2.21. The molecule has 19 heavy (non-hydrogen) atoms. The van der Waals surface area contributed by atoms with Gasteiger partial charge in [-0.25, -0.2) is 12.7 Å². The summed E-state index contributed by atoms with van der Waals surface area (Å²) in [6, 6.07) is 5.09. The van der Waals surface area contributed by atoms with Crippen LogP contribution in [0.25, 0.3) is 0 Å². The first-order chi connectivity index (χ1) is 8.80. The van der Waals surface area contributed by atoms with E-state index >= 15 is 0 Å². The lowest BCUT2D eigenvalue weighted by Crippen LogP contribution is -2.24. The zero-order valence-corrected chi connectivity index (χ0v) is 12.4. The fourth-order valence-electron chi connectivity index (χ4n) is 1.67. The number of para-hydroxylation sites is 1. The summed E-state index contributed by atoms with van der Waals surface area (Å²) < 4.78 is 25.4. The molecule has 0 fully saturated rings. The summed E-state index contributed by atoms with van der Waals surface area (Å²) in [5.41, 5.74) is 6.82. The van der Waals surface area contributed by atoms with E-state index < -0.39 is 10.0 Å². The van der Waals surface area contributed by atoms with Crippen molar-refractivity contribution in [1.82, 2.24) is 4.31 Å². The first-order valence-corrected chi connectivity index (χ1v) is 7.43. The molecule has 0 spiro atoms. The molecule has 0 radical (unpaired) electrons. The number of benzene rings is 1. The normalized spacial score (nSPS) is 13.3. The molecule has 0 aliphatic carbocycles. The van der Waals surface area contributed by atoms with Crippen molar-refractivity contribution in [3.63, 3.8) is 0 Å². The van der Waals surface area contributed by atoms with Crippen molar-refractivity contribution in [2.75, 3.05) is 25.1 Å². The Morgan fingerprint density at radius 1 is 1.47 bits per heavy atom. The zero-order chi connectivity index (χ0) is 14.6. The number of hydrogen-bond acceptors (Lipinski definition) is 4. The molecule has 6 heteroatoms. The third-order valence-corrected chi connectivity index (χ3v) is 4.62. The third-order valence-electron chi connectivity index (χ3n) is 2.75. The number of hydrogen-bond donors (Lipinski definition) is 2. The van der Waals surface area contributed by atoms with Crippen LogP contribution in [0, 0.1) is 0 Å². The van der Waals surface area contributed by atoms with E-state index in [9.17, 15) is 8.42 Å². The van der Waals surface area contributed by atoms with Gasteiger partial charge in [0.2, 0.25) is 10.0 Å². The van der Waals surface area contributed by atoms with Gasteiger partial charge < -0.3 is 11.1 Å². The summed E-state index contributed by atoms with van der Waals surface area (Å²) in [4.78, 5) is 0.119. The fourth-order valence-corrected chi connectivity index (χ4v) is 2.70. The Balaban J connectivity index is 3.16. The lowest BCUT2D eigenvalue weighted by molar-refractivity contribution is 0.521. The maximum Gasteiger partial charge on any atom is 0.244 e. The highest BCUT2D eigenvalue weighted by atomic mass is 32.2. The lowest BCUT2D eigenvalue weighted by Gasteiger charge is -2.19. The highest BCUT2D eigenvalue weighted by molar-refractivity contribution is 7.89. The number of sulfonamides is 1. The van der Waals surface area contributed by atoms with Gasteiger partial charge in [-0.3, -0.25) is 0 Å². The number of nitrogens with one attached hydrogen (secondary N) is 1. The van der Waals surface area contributed by atoms with Crippen LogP contribution in [-0.2, 0) is 10.0 Å². The van der Waals surface area contributed by atoms with Gasteiger partial charge in [-0.2, -0.15) is 0 Å². The number of nitrogen functional groups attached to an aromatic ring is 1. The summed E-state index contributed by atoms with van der Waals surface area (Å²) in [6.45, 7) is 5.65. The van der Waals surface area contributed by atoms with Crippen molar-refractivity contribution in [1.29, 1.82) is 0 Å². The van der Waals surface area contributed by atoms with Gasteiger partial charge in [0.1, 0.15) is 4.90 Å². The molecule has 106 valence electrons. The first-order valence-electron chi connectivity index (χ1n) is 5.99. The number of anilines is 2. The van der Waals surface area contributed by atoms with Gasteiger partial charge in [-0.05, 0) is 25.5 Å². The van der Waals surface area contributed by atoms with Crippen molar-refractivity contribution >= 4 is 21.4 Å². The number of nitrogens with two attached hydrogens (primary N) is 1. The molecular formula is C13H21N3O2S. The van der Waals surface area contributed by atoms with Gasteiger partial charge in [0.25, 0.3) is 0 Å². The summed E-state index contributed by atoms with van der Waals surface area (Å²) in [5, 5.41) is 3.18. The molecule has 0 aliphatic heterocycles. The summed E-state index contributed by atoms with van der Waals surface area (Å²) in [7, 11) is -0.567. The quantitative estimate of drug-likeness (QED) is 0.617. The molecule has 0 aromatic heterocycles. The minimum Gasteiger partial charge on any atom is -0.396 e. The van der Waals surface area contributed by atoms with Gasteiger partial charge in [-0.1, -0.05) is 12.1 Å². The van der Waals surface area contributed by atoms with Gasteiger partial charge in [0.05, 0.1) is 11.4 Å². The molecule has 1 unspecified atom stereocenters. The Morgan fingerprint density at radius 3 is 2.63 bits per heavy atom. The molecule has 3 N–H and O–H groups in total. The van der Waals surface area contributed by atoms with Crippen molar-refractivity contribution in [3.05, 3.63) is 30.9 Å². The van der Waals surface area contributed by atoms with Crippen molar-refractivity contribution in [2.24, 2.45) is 0 Å². The van der Waals surface area contributed by atoms with Crippen LogP contribution in [0.2, 0.25) is 0 Å². The molecule has 0 bridgehead atoms. The highest BCUT2D eigenvalue weighted by Crippen LogP contribution is 2.28. The summed E-state index contributed by atoms with van der Waals surface area (Å²) in [5.74, 6) is 0. The van der Waals surface area contributed by atoms with Crippen LogP contribution >= 0.6 is 0 Å². The van der Waals surface area contributed by atoms with Crippen LogP contribution in [0.5, 0.6) is 0 Å². The Morgan fingerprint density at radius 2 is 2.11 bits per heavy atom. The second kappa shape index (κ2) is 6.08. The van der Waals surface area contributed by atoms with Gasteiger partial charge >= 0.3 is 0 Å². The van der Waals surface area contributed by atoms with Gasteiger partial charge in [0.15, 0.2) is 0 Å². The minimum atomic E-state index is -3.53. The van der Waals surface area contributed by atoms with E-state index in [-0.39, 0.29) is 16.6 Å². The second-order valence-electron chi connectivity index (χ2n) is 4.57. The van der Waals surface area contributed by atoms with Crippen LogP contribution < -0.4 is 11.1 Å². The van der Waals surface area contributed by atoms with Crippen molar-refractivity contribution in [2.45, 2.75) is 24.3 Å². The van der Waals surface area contributed by atoms with Crippen LogP contribution in [0.1, 0.15) is 13.3 Å². The van der Waals surface area contributed by atoms with E-state index in [1.54, 1.807) is 18.2 Å². The van der Waals surface area contributed by atoms with Crippen molar-refractivity contribution in [3.8, 4) is 0 Å². The molecule has 1 aromatic carbocycles. The Kier molecular flexibility index (Phi) is 4.97. The molecule has 1 aromatic rings. The topological polar surface area (TPSA) is 75.4 Å². The van der Waals surface area contributed by atoms with E-state index in [1.807, 2.05) is 6.92 Å². The maximum atomic E-state index is 12.1. The molecule has 0 saturated heterocycles. The van der Waals surface area contributed by atoms with E-state index in [0.29, 0.717) is 5.69 Å². The lowest BCUT2D eigenvalue weighted by atomic mass is 10.2. The van der Waals surface area contributed by atoms with E-state index in [4.69, 9.17) is 5.73 Å². The summed E-state index contributed by atoms with van der Waals surface area (Å²) >= 11 is 0. The predicted molar refractivity (Wildman–Crippen MR) is 79.6 cm³/mol. The smallest absolute Gasteiger partial charge is 0.244 e. The average molecular weight is 283 g/mol. The molecule has 0 heterocycles. The zero-order valence-electron chi connectivity index (χ0n) is 11.6. The molecular weight excluding hydrogens is 262 g/mol. The van der Waals surface area contributed by atoms with Crippen LogP contribution in [0.15, 0.2) is 35.7 Å². The molecule has 1 atom stereocenters. The van der Waals surface area contributed by atoms with Gasteiger partial charge in [0, 0.05) is 20.1 Å². The van der Waals surface area contributed by atoms with Crippen LogP contribution in [0.3, 0.4) is 0 Å². The van der Waals surface area contributed by atoms with E-state index in [2.05, 4.69) is 11.9 Å². The molecule has 0 amide bonds. The molecule has 0 aliphatic rings. The van der Waals surface area contributed by atoms with E-state index in [0.717, 1.165) is 10.7 Å². The predicted octanol–water partition coefficient (Wildman–Crippen LogP) is 1.90. The minimum absolute atomic E-state index is 0.119. The van der Waals surface area contributed by atoms with Crippen LogP contribution in [0.4, 0.5) is 11.4 Å². The Hall–Kier alpha value is -1.53. The first kappa shape index (κ1) is 15.5. The van der Waals surface area contributed by atoms with Crippen LogP contribution in [-0.4, -0.2) is 32.9 Å². The molecule has 1 rings (SSSR count). The third kappa shape index (κ3) is 3.48. The molecule has 0 saturated carbocycles. The molecule has 5 nitrogen and oxygen atoms in total. The second-order valence-corrected chi connectivity index (χ2v) is 6.69. The van der Waals surface area contributed by atoms with Crippen molar-refractivity contribution < 1.29 is 8.42 Å². The summed E-state index contributed by atoms with van der Waals surface area (Å²) in [6.07, 6.45) is 2.57. The fraction of sp³-hybridized carbons (Fsp3) is 0.385. The SMILES string of the molecule is C=CCC(C)Nc1cccc(S(=O)(=O)N(C)C)c1N. The van der Waals surface area contributed by atoms with E-state index in [1.165, 1.54) is 20.2 Å². The number of rotatable bonds is 6. The Labute approximate surface area is 115 Å². The standard InChI is InChI=1S/C13H21N3O2S/c1-5-7-10(2)15-11-8-6-9-12(13(11)14)19(17,18)16(3)4/h5-6,8-10,15H,1,7,14H2,2-4H3. The largest absolute Gasteiger partial charge is 0.396 e. The number of nitrogens with zero attached hydrogens (tertiary/aromatic N) is 1.